The number of hydrogen-bond donors (Lipinski definition) is 2. The van der Waals surface area contributed by atoms with Gasteiger partial charge in [0.15, 0.2) is 7.57 Å². The molecule has 0 saturated carbocycles. The van der Waals surface area contributed by atoms with Gasteiger partial charge in [-0.15, -0.1) is 0 Å². The fraction of sp³-hybridized carbons (Fsp3) is 0.217. The molecule has 3 aromatic carbocycles. The maximum absolute atomic E-state index is 11.1. The Morgan fingerprint density at radius 1 is 0.893 bits per heavy atom. The van der Waals surface area contributed by atoms with E-state index in [9.17, 15) is 10.2 Å². The minimum atomic E-state index is -1.79. The molecule has 0 radical (unpaired) electrons. The van der Waals surface area contributed by atoms with Gasteiger partial charge in [0, 0.05) is 12.6 Å². The zero-order valence-corrected chi connectivity index (χ0v) is 16.6. The molecule has 3 nitrogen and oxygen atoms in total. The number of rotatable bonds is 7. The van der Waals surface area contributed by atoms with E-state index in [4.69, 9.17) is 0 Å². The Bertz CT molecular complexity index is 893. The normalized spacial score (nSPS) is 15.8. The Morgan fingerprint density at radius 2 is 1.43 bits per heavy atom. The molecule has 0 heterocycles. The van der Waals surface area contributed by atoms with Crippen LogP contribution in [0.4, 0.5) is 0 Å². The van der Waals surface area contributed by atoms with Crippen molar-refractivity contribution in [3.05, 3.63) is 96.1 Å². The summed E-state index contributed by atoms with van der Waals surface area (Å²) < 4.78 is 2.43. The highest BCUT2D eigenvalue weighted by Crippen LogP contribution is 2.56. The molecule has 3 rings (SSSR count). The molecule has 146 valence electrons. The van der Waals surface area contributed by atoms with E-state index in [0.29, 0.717) is 0 Å². The standard InChI is InChI=1S/C23H29BNO2P/c1-18(23(27)19-11-5-3-6-12-19)25(2)28(24,21-14-7-4-8-15-21)22-16-10-9-13-20(22)17-26/h3-16,18,23,26-27H,17H2,1-2,24H3/t18-,23-,28?/m0/s1. The van der Waals surface area contributed by atoms with Gasteiger partial charge in [0.05, 0.1) is 29.4 Å². The molecule has 1 unspecified atom stereocenters. The summed E-state index contributed by atoms with van der Waals surface area (Å²) >= 11 is 0. The van der Waals surface area contributed by atoms with Gasteiger partial charge >= 0.3 is 0 Å². The Balaban J connectivity index is 2.09. The summed E-state index contributed by atoms with van der Waals surface area (Å²) in [4.78, 5) is 0. The zero-order chi connectivity index (χ0) is 20.1. The van der Waals surface area contributed by atoms with Crippen molar-refractivity contribution in [3.8, 4) is 0 Å². The van der Waals surface area contributed by atoms with Crippen molar-refractivity contribution in [1.29, 1.82) is 0 Å². The summed E-state index contributed by atoms with van der Waals surface area (Å²) in [5, 5.41) is 23.7. The van der Waals surface area contributed by atoms with E-state index in [-0.39, 0.29) is 20.2 Å². The highest BCUT2D eigenvalue weighted by Gasteiger charge is 2.41. The predicted octanol–water partition coefficient (Wildman–Crippen LogP) is 2.40. The van der Waals surface area contributed by atoms with Gasteiger partial charge in [0.2, 0.25) is 0 Å². The van der Waals surface area contributed by atoms with Crippen LogP contribution in [0.2, 0.25) is 0 Å². The van der Waals surface area contributed by atoms with Crippen molar-refractivity contribution in [2.24, 2.45) is 0 Å². The van der Waals surface area contributed by atoms with Gasteiger partial charge < -0.3 is 10.2 Å². The van der Waals surface area contributed by atoms with Crippen LogP contribution in [-0.4, -0.2) is 35.5 Å². The SMILES string of the molecule is [BH3-][P+](c1ccccc1)(c1ccccc1CO)N(C)[C@@H](C)[C@H](O)c1ccccc1. The first-order valence-electron chi connectivity index (χ1n) is 9.13. The van der Waals surface area contributed by atoms with Crippen LogP contribution in [0.3, 0.4) is 0 Å². The number of benzene rings is 3. The zero-order valence-electron chi connectivity index (χ0n) is 15.7. The van der Waals surface area contributed by atoms with Gasteiger partial charge in [-0.1, -0.05) is 66.7 Å². The fourth-order valence-corrected chi connectivity index (χ4v) is 5.80. The quantitative estimate of drug-likeness (QED) is 0.479. The molecular formula is C23H29BNO2P. The Hall–Kier alpha value is -1.97. The molecule has 2 N–H and O–H groups in total. The second-order valence-electron chi connectivity index (χ2n) is 6.60. The van der Waals surface area contributed by atoms with Gasteiger partial charge in [-0.3, -0.25) is 0 Å². The summed E-state index contributed by atoms with van der Waals surface area (Å²) in [6.45, 7) is 2.15. The fourth-order valence-electron chi connectivity index (χ4n) is 3.23. The molecule has 3 aromatic rings. The molecule has 0 aliphatic carbocycles. The van der Waals surface area contributed by atoms with Crippen molar-refractivity contribution in [2.75, 3.05) is 7.05 Å². The Labute approximate surface area is 169 Å². The van der Waals surface area contributed by atoms with E-state index in [1.807, 2.05) is 48.5 Å². The molecule has 28 heavy (non-hydrogen) atoms. The topological polar surface area (TPSA) is 43.7 Å². The summed E-state index contributed by atoms with van der Waals surface area (Å²) in [7, 11) is 0.172. The van der Waals surface area contributed by atoms with Gasteiger partial charge in [-0.05, 0) is 38.0 Å². The Kier molecular flexibility index (Phi) is 6.69. The number of likely N-dealkylation sites (N-methyl/N-ethyl adjacent to an activating group) is 1. The van der Waals surface area contributed by atoms with Gasteiger partial charge in [-0.2, -0.15) is 0 Å². The first-order chi connectivity index (χ1) is 13.5. The van der Waals surface area contributed by atoms with Gasteiger partial charge in [-0.25, -0.2) is 4.67 Å². The lowest BCUT2D eigenvalue weighted by atomic mass is 10.0. The highest BCUT2D eigenvalue weighted by molar-refractivity contribution is 8.06. The van der Waals surface area contributed by atoms with Crippen molar-refractivity contribution in [2.45, 2.75) is 25.7 Å². The molecule has 0 aliphatic rings. The van der Waals surface area contributed by atoms with Crippen molar-refractivity contribution in [1.82, 2.24) is 4.67 Å². The maximum Gasteiger partial charge on any atom is 0.156 e. The molecule has 0 bridgehead atoms. The average Bonchev–Trinajstić information content (AvgIpc) is 2.78. The summed E-state index contributed by atoms with van der Waals surface area (Å²) in [6.07, 6.45) is -0.561. The lowest BCUT2D eigenvalue weighted by Crippen LogP contribution is -2.43. The van der Waals surface area contributed by atoms with Crippen LogP contribution < -0.4 is 10.6 Å². The van der Waals surface area contributed by atoms with E-state index in [1.54, 1.807) is 0 Å². The van der Waals surface area contributed by atoms with Gasteiger partial charge in [0.25, 0.3) is 0 Å². The van der Waals surface area contributed by atoms with Crippen LogP contribution in [0.1, 0.15) is 24.2 Å². The predicted molar refractivity (Wildman–Crippen MR) is 124 cm³/mol. The van der Waals surface area contributed by atoms with Crippen LogP contribution in [0.15, 0.2) is 84.9 Å². The molecule has 0 fully saturated rings. The van der Waals surface area contributed by atoms with E-state index >= 15 is 0 Å². The van der Waals surface area contributed by atoms with Crippen LogP contribution in [0, 0.1) is 0 Å². The lowest BCUT2D eigenvalue weighted by molar-refractivity contribution is 0.110. The van der Waals surface area contributed by atoms with E-state index in [2.05, 4.69) is 55.0 Å². The minimum absolute atomic E-state index is 0.0415. The van der Waals surface area contributed by atoms with Crippen molar-refractivity contribution in [3.63, 3.8) is 0 Å². The van der Waals surface area contributed by atoms with Crippen LogP contribution in [0.5, 0.6) is 0 Å². The molecule has 5 heteroatoms. The van der Waals surface area contributed by atoms with E-state index in [0.717, 1.165) is 11.1 Å². The average molecular weight is 393 g/mol. The highest BCUT2D eigenvalue weighted by atomic mass is 31.2. The van der Waals surface area contributed by atoms with Crippen molar-refractivity contribution >= 4 is 25.5 Å². The summed E-state index contributed by atoms with van der Waals surface area (Å²) in [5.41, 5.74) is 1.94. The third kappa shape index (κ3) is 3.92. The van der Waals surface area contributed by atoms with Crippen LogP contribution in [0.25, 0.3) is 0 Å². The van der Waals surface area contributed by atoms with Crippen LogP contribution >= 0.6 is 7.29 Å². The number of hydrogen-bond acceptors (Lipinski definition) is 3. The number of aliphatic hydroxyl groups excluding tert-OH is 2. The summed E-state index contributed by atoms with van der Waals surface area (Å²) in [5.74, 6) is 0. The third-order valence-corrected chi connectivity index (χ3v) is 7.57. The van der Waals surface area contributed by atoms with Gasteiger partial charge in [0.1, 0.15) is 0 Å². The smallest absolute Gasteiger partial charge is 0.156 e. The second-order valence-corrected chi connectivity index (χ2v) is 8.86. The summed E-state index contributed by atoms with van der Waals surface area (Å²) in [6, 6.07) is 28.8. The molecule has 0 aromatic heterocycles. The molecule has 0 aliphatic heterocycles. The molecular weight excluding hydrogens is 364 g/mol. The second kappa shape index (κ2) is 9.02. The van der Waals surface area contributed by atoms with E-state index < -0.39 is 13.4 Å². The number of aliphatic hydroxyl groups is 2. The molecule has 0 spiro atoms. The lowest BCUT2D eigenvalue weighted by Gasteiger charge is -2.43. The number of nitrogens with zero attached hydrogens (tertiary/aromatic N) is 1. The first-order valence-corrected chi connectivity index (χ1v) is 10.4. The molecule has 3 atom stereocenters. The minimum Gasteiger partial charge on any atom is -0.392 e. The maximum atomic E-state index is 11.1. The molecule has 0 saturated heterocycles. The third-order valence-electron chi connectivity index (χ3n) is 4.89. The largest absolute Gasteiger partial charge is 0.392 e. The van der Waals surface area contributed by atoms with Crippen molar-refractivity contribution < 1.29 is 10.2 Å². The molecule has 0 amide bonds. The van der Waals surface area contributed by atoms with E-state index in [1.165, 1.54) is 10.6 Å². The Morgan fingerprint density at radius 3 is 2.04 bits per heavy atom. The monoisotopic (exact) mass is 393 g/mol. The van der Waals surface area contributed by atoms with Crippen LogP contribution in [-0.2, 0) is 6.61 Å². The first kappa shape index (κ1) is 20.8.